The van der Waals surface area contributed by atoms with Crippen molar-refractivity contribution < 1.29 is 14.3 Å². The van der Waals surface area contributed by atoms with Crippen molar-refractivity contribution in [2.24, 2.45) is 11.8 Å². The van der Waals surface area contributed by atoms with Crippen LogP contribution in [-0.4, -0.2) is 55.5 Å². The molecule has 4 atom stereocenters. The van der Waals surface area contributed by atoms with E-state index in [9.17, 15) is 9.59 Å². The van der Waals surface area contributed by atoms with Crippen molar-refractivity contribution in [3.05, 3.63) is 29.3 Å². The third kappa shape index (κ3) is 4.45. The number of piperidine rings is 1. The zero-order valence-electron chi connectivity index (χ0n) is 19.4. The predicted octanol–water partition coefficient (Wildman–Crippen LogP) is 2.64. The Labute approximate surface area is 186 Å². The number of hydrogen-bond donors (Lipinski definition) is 2. The lowest BCUT2D eigenvalue weighted by molar-refractivity contribution is -0.127. The van der Waals surface area contributed by atoms with Crippen LogP contribution in [0.3, 0.4) is 0 Å². The van der Waals surface area contributed by atoms with Crippen molar-refractivity contribution in [2.75, 3.05) is 26.7 Å². The molecule has 3 aliphatic rings. The molecular formula is C25H37N3O3. The van der Waals surface area contributed by atoms with E-state index in [1.165, 1.54) is 37.4 Å². The summed E-state index contributed by atoms with van der Waals surface area (Å²) in [7, 11) is 1.73. The van der Waals surface area contributed by atoms with E-state index in [1.54, 1.807) is 14.0 Å². The van der Waals surface area contributed by atoms with Gasteiger partial charge in [0, 0.05) is 31.5 Å². The highest BCUT2D eigenvalue weighted by Crippen LogP contribution is 2.52. The van der Waals surface area contributed by atoms with Gasteiger partial charge in [-0.25, -0.2) is 0 Å². The Morgan fingerprint density at radius 3 is 2.77 bits per heavy atom. The van der Waals surface area contributed by atoms with Crippen LogP contribution in [0.25, 0.3) is 0 Å². The predicted molar refractivity (Wildman–Crippen MR) is 121 cm³/mol. The van der Waals surface area contributed by atoms with E-state index in [4.69, 9.17) is 4.74 Å². The molecule has 6 heteroatoms. The first-order chi connectivity index (χ1) is 14.8. The molecule has 1 aromatic rings. The molecule has 2 aliphatic carbocycles. The molecule has 1 unspecified atom stereocenters. The number of benzene rings is 1. The summed E-state index contributed by atoms with van der Waals surface area (Å²) in [6.45, 7) is 8.55. The Morgan fingerprint density at radius 1 is 1.32 bits per heavy atom. The Hall–Kier alpha value is -2.08. The van der Waals surface area contributed by atoms with Gasteiger partial charge in [0.1, 0.15) is 11.8 Å². The molecule has 1 saturated heterocycles. The number of carbonyl (C=O) groups excluding carboxylic acids is 2. The van der Waals surface area contributed by atoms with Crippen molar-refractivity contribution in [1.82, 2.24) is 15.5 Å². The fraction of sp³-hybridized carbons (Fsp3) is 0.680. The Kier molecular flexibility index (Phi) is 6.29. The van der Waals surface area contributed by atoms with Gasteiger partial charge in [0.05, 0.1) is 7.11 Å². The standard InChI is InChI=1S/C25H37N3O3/c1-16-23-13-20-7-8-21(31-4)14-22(20)25(16,10-12-28(23)15-19-5-6-19)9-11-26-24(30)17(2)27-18(3)29/h7-8,14,16-17,19,23H,5-6,9-13,15H2,1-4H3,(H,26,30)(H,27,29)/t16-,17-,23+,25?/m0/s1. The lowest BCUT2D eigenvalue weighted by Crippen LogP contribution is -2.60. The molecule has 4 rings (SSSR count). The van der Waals surface area contributed by atoms with Gasteiger partial charge in [-0.2, -0.15) is 0 Å². The van der Waals surface area contributed by atoms with Crippen LogP contribution in [0, 0.1) is 11.8 Å². The van der Waals surface area contributed by atoms with Crippen LogP contribution in [0.1, 0.15) is 57.6 Å². The maximum Gasteiger partial charge on any atom is 0.242 e. The number of likely N-dealkylation sites (tertiary alicyclic amines) is 1. The minimum atomic E-state index is -0.515. The van der Waals surface area contributed by atoms with Gasteiger partial charge in [0.15, 0.2) is 0 Å². The summed E-state index contributed by atoms with van der Waals surface area (Å²) in [6, 6.07) is 6.61. The summed E-state index contributed by atoms with van der Waals surface area (Å²) < 4.78 is 5.57. The maximum atomic E-state index is 12.4. The molecule has 170 valence electrons. The number of fused-ring (bicyclic) bond motifs is 4. The topological polar surface area (TPSA) is 70.7 Å². The van der Waals surface area contributed by atoms with Crippen LogP contribution < -0.4 is 15.4 Å². The summed E-state index contributed by atoms with van der Waals surface area (Å²) in [5.74, 6) is 2.01. The summed E-state index contributed by atoms with van der Waals surface area (Å²) in [6.07, 6.45) is 5.88. The van der Waals surface area contributed by atoms with Crippen molar-refractivity contribution in [2.45, 2.75) is 70.4 Å². The van der Waals surface area contributed by atoms with E-state index in [2.05, 4.69) is 40.7 Å². The van der Waals surface area contributed by atoms with Crippen LogP contribution in [0.15, 0.2) is 18.2 Å². The number of methoxy groups -OCH3 is 1. The highest BCUT2D eigenvalue weighted by Gasteiger charge is 2.51. The first-order valence-electron chi connectivity index (χ1n) is 11.8. The van der Waals surface area contributed by atoms with Crippen LogP contribution in [0.2, 0.25) is 0 Å². The maximum absolute atomic E-state index is 12.4. The van der Waals surface area contributed by atoms with Crippen LogP contribution in [0.4, 0.5) is 0 Å². The highest BCUT2D eigenvalue weighted by molar-refractivity contribution is 5.86. The smallest absolute Gasteiger partial charge is 0.242 e. The van der Waals surface area contributed by atoms with E-state index in [1.807, 2.05) is 0 Å². The minimum Gasteiger partial charge on any atom is -0.497 e. The molecule has 0 aromatic heterocycles. The number of nitrogens with zero attached hydrogens (tertiary/aromatic N) is 1. The molecule has 0 spiro atoms. The molecule has 2 amide bonds. The van der Waals surface area contributed by atoms with Crippen LogP contribution in [0.5, 0.6) is 5.75 Å². The van der Waals surface area contributed by atoms with Gasteiger partial charge in [0.2, 0.25) is 11.8 Å². The van der Waals surface area contributed by atoms with Crippen molar-refractivity contribution in [3.63, 3.8) is 0 Å². The zero-order chi connectivity index (χ0) is 22.2. The largest absolute Gasteiger partial charge is 0.497 e. The minimum absolute atomic E-state index is 0.0391. The van der Waals surface area contributed by atoms with Crippen LogP contribution >= 0.6 is 0 Å². The zero-order valence-corrected chi connectivity index (χ0v) is 19.4. The molecule has 1 heterocycles. The lowest BCUT2D eigenvalue weighted by Gasteiger charge is -2.56. The van der Waals surface area contributed by atoms with Gasteiger partial charge in [0.25, 0.3) is 0 Å². The second kappa shape index (κ2) is 8.81. The van der Waals surface area contributed by atoms with Gasteiger partial charge in [-0.05, 0) is 80.7 Å². The second-order valence-electron chi connectivity index (χ2n) is 9.89. The second-order valence-corrected chi connectivity index (χ2v) is 9.89. The van der Waals surface area contributed by atoms with E-state index in [0.29, 0.717) is 18.5 Å². The first-order valence-corrected chi connectivity index (χ1v) is 11.8. The molecule has 1 aromatic carbocycles. The molecular weight excluding hydrogens is 390 g/mol. The summed E-state index contributed by atoms with van der Waals surface area (Å²) in [5, 5.41) is 5.74. The Bertz CT molecular complexity index is 837. The Morgan fingerprint density at radius 2 is 2.10 bits per heavy atom. The summed E-state index contributed by atoms with van der Waals surface area (Å²) >= 11 is 0. The van der Waals surface area contributed by atoms with Gasteiger partial charge in [-0.1, -0.05) is 13.0 Å². The number of nitrogens with one attached hydrogen (secondary N) is 2. The van der Waals surface area contributed by atoms with Crippen molar-refractivity contribution in [3.8, 4) is 5.75 Å². The molecule has 1 aliphatic heterocycles. The Balaban J connectivity index is 1.54. The molecule has 6 nitrogen and oxygen atoms in total. The average Bonchev–Trinajstić information content (AvgIpc) is 3.55. The van der Waals surface area contributed by atoms with Gasteiger partial charge in [-0.15, -0.1) is 0 Å². The number of amides is 2. The fourth-order valence-electron chi connectivity index (χ4n) is 5.93. The van der Waals surface area contributed by atoms with E-state index >= 15 is 0 Å². The van der Waals surface area contributed by atoms with Crippen LogP contribution in [-0.2, 0) is 21.4 Å². The molecule has 0 radical (unpaired) electrons. The monoisotopic (exact) mass is 427 g/mol. The quantitative estimate of drug-likeness (QED) is 0.669. The van der Waals surface area contributed by atoms with E-state index < -0.39 is 6.04 Å². The summed E-state index contributed by atoms with van der Waals surface area (Å²) in [4.78, 5) is 26.5. The van der Waals surface area contributed by atoms with E-state index in [0.717, 1.165) is 37.5 Å². The third-order valence-electron chi connectivity index (χ3n) is 7.92. The highest BCUT2D eigenvalue weighted by atomic mass is 16.5. The van der Waals surface area contributed by atoms with Crippen molar-refractivity contribution in [1.29, 1.82) is 0 Å². The lowest BCUT2D eigenvalue weighted by atomic mass is 9.56. The molecule has 2 N–H and O–H groups in total. The molecule has 2 bridgehead atoms. The number of hydrogen-bond acceptors (Lipinski definition) is 4. The number of ether oxygens (including phenoxy) is 1. The molecule has 31 heavy (non-hydrogen) atoms. The number of rotatable bonds is 8. The number of carbonyl (C=O) groups is 2. The van der Waals surface area contributed by atoms with Gasteiger partial charge in [-0.3, -0.25) is 14.5 Å². The third-order valence-corrected chi connectivity index (χ3v) is 7.92. The van der Waals surface area contributed by atoms with E-state index in [-0.39, 0.29) is 17.2 Å². The van der Waals surface area contributed by atoms with Gasteiger partial charge < -0.3 is 15.4 Å². The van der Waals surface area contributed by atoms with Gasteiger partial charge >= 0.3 is 0 Å². The molecule has 1 saturated carbocycles. The normalized spacial score (nSPS) is 28.4. The van der Waals surface area contributed by atoms with Crippen molar-refractivity contribution >= 4 is 11.8 Å². The first kappa shape index (κ1) is 22.1. The SMILES string of the molecule is COc1ccc2c(c1)C1(CCNC(=O)[C@H](C)NC(C)=O)CCN(CC3CC3)[C@H](C2)[C@@H]1C. The molecule has 2 fully saturated rings. The average molecular weight is 428 g/mol. The summed E-state index contributed by atoms with van der Waals surface area (Å²) in [5.41, 5.74) is 2.88. The fourth-order valence-corrected chi connectivity index (χ4v) is 5.93.